The van der Waals surface area contributed by atoms with Crippen molar-refractivity contribution in [2.24, 2.45) is 11.3 Å². The van der Waals surface area contributed by atoms with Gasteiger partial charge in [0.15, 0.2) is 28.5 Å². The fourth-order valence-corrected chi connectivity index (χ4v) is 5.33. The smallest absolute Gasteiger partial charge is 0.320 e. The first kappa shape index (κ1) is 23.1. The van der Waals surface area contributed by atoms with E-state index in [0.29, 0.717) is 42.1 Å². The Labute approximate surface area is 200 Å². The molecule has 0 spiro atoms. The zero-order chi connectivity index (χ0) is 24.9. The zero-order valence-corrected chi connectivity index (χ0v) is 19.6. The summed E-state index contributed by atoms with van der Waals surface area (Å²) in [7, 11) is 4.47. The van der Waals surface area contributed by atoms with Crippen LogP contribution >= 0.6 is 0 Å². The van der Waals surface area contributed by atoms with Gasteiger partial charge in [-0.25, -0.2) is 4.98 Å². The van der Waals surface area contributed by atoms with Crippen molar-refractivity contribution in [3.05, 3.63) is 30.1 Å². The molecule has 0 bridgehead atoms. The number of aliphatic hydroxyl groups is 2. The molecule has 0 radical (unpaired) electrons. The number of anilines is 1. The molecule has 12 nitrogen and oxygen atoms in total. The van der Waals surface area contributed by atoms with Crippen LogP contribution in [0, 0.1) is 11.3 Å². The summed E-state index contributed by atoms with van der Waals surface area (Å²) < 4.78 is 12.1. The van der Waals surface area contributed by atoms with Crippen molar-refractivity contribution >= 4 is 22.9 Å². The van der Waals surface area contributed by atoms with Crippen molar-refractivity contribution in [1.29, 1.82) is 0 Å². The number of aliphatic hydroxyl groups excluding tert-OH is 2. The highest BCUT2D eigenvalue weighted by molar-refractivity contribution is 5.88. The van der Waals surface area contributed by atoms with Crippen molar-refractivity contribution in [3.63, 3.8) is 0 Å². The van der Waals surface area contributed by atoms with E-state index in [1.54, 1.807) is 23.0 Å². The minimum Gasteiger partial charge on any atom is -0.504 e. The van der Waals surface area contributed by atoms with Crippen LogP contribution in [-0.2, 0) is 11.2 Å². The first-order valence-corrected chi connectivity index (χ1v) is 11.3. The molecule has 2 fully saturated rings. The van der Waals surface area contributed by atoms with Crippen LogP contribution in [0.1, 0.15) is 18.0 Å². The minimum atomic E-state index is -1.18. The van der Waals surface area contributed by atoms with Gasteiger partial charge in [-0.3, -0.25) is 4.79 Å². The standard InChI is InChI=1S/C23H28N6O6/c1-24-21(33)23-9-12(23)16(17(31)18(23)32)29-10-26-15-19(27-22(35-3)28-20(15)29)25-7-6-11-4-5-14(34-2)13(30)8-11/h4-5,8,10,12,16-18,30-32H,6-7,9H2,1-3H3,(H,24,33)(H,25,27,28)/t12-,16-,17+,18+,23+/m1/s1. The van der Waals surface area contributed by atoms with E-state index in [9.17, 15) is 20.1 Å². The number of imidazole rings is 1. The number of phenolic OH excluding ortho intramolecular Hbond substituents is 1. The molecule has 12 heteroatoms. The fourth-order valence-electron chi connectivity index (χ4n) is 5.33. The first-order valence-electron chi connectivity index (χ1n) is 11.3. The number of hydrogen-bond donors (Lipinski definition) is 5. The summed E-state index contributed by atoms with van der Waals surface area (Å²) in [6.07, 6.45) is 0.276. The molecule has 2 aliphatic rings. The molecule has 0 aliphatic heterocycles. The Morgan fingerprint density at radius 3 is 2.74 bits per heavy atom. The van der Waals surface area contributed by atoms with Gasteiger partial charge in [0.25, 0.3) is 0 Å². The maximum Gasteiger partial charge on any atom is 0.320 e. The molecule has 0 unspecified atom stereocenters. The largest absolute Gasteiger partial charge is 0.504 e. The summed E-state index contributed by atoms with van der Waals surface area (Å²) >= 11 is 0. The Balaban J connectivity index is 1.41. The second-order valence-corrected chi connectivity index (χ2v) is 8.92. The number of phenols is 1. The third kappa shape index (κ3) is 3.51. The molecule has 5 atom stereocenters. The maximum atomic E-state index is 12.5. The summed E-state index contributed by atoms with van der Waals surface area (Å²) in [6, 6.07) is 4.77. The second-order valence-electron chi connectivity index (χ2n) is 8.92. The van der Waals surface area contributed by atoms with Gasteiger partial charge in [0.05, 0.1) is 38.1 Å². The maximum absolute atomic E-state index is 12.5. The summed E-state index contributed by atoms with van der Waals surface area (Å²) in [4.78, 5) is 25.8. The van der Waals surface area contributed by atoms with Gasteiger partial charge in [0, 0.05) is 19.5 Å². The molecule has 2 saturated carbocycles. The Kier molecular flexibility index (Phi) is 5.64. The van der Waals surface area contributed by atoms with E-state index in [-0.39, 0.29) is 23.6 Å². The van der Waals surface area contributed by atoms with E-state index in [2.05, 4.69) is 25.6 Å². The predicted molar refractivity (Wildman–Crippen MR) is 124 cm³/mol. The van der Waals surface area contributed by atoms with Crippen molar-refractivity contribution < 1.29 is 29.6 Å². The lowest BCUT2D eigenvalue weighted by molar-refractivity contribution is -0.132. The second kappa shape index (κ2) is 8.54. The number of ether oxygens (including phenoxy) is 2. The van der Waals surface area contributed by atoms with Crippen molar-refractivity contribution in [2.45, 2.75) is 31.1 Å². The van der Waals surface area contributed by atoms with E-state index in [0.717, 1.165) is 5.56 Å². The zero-order valence-electron chi connectivity index (χ0n) is 19.6. The van der Waals surface area contributed by atoms with Crippen LogP contribution in [0.15, 0.2) is 24.5 Å². The van der Waals surface area contributed by atoms with Gasteiger partial charge in [0.1, 0.15) is 6.10 Å². The molecule has 5 N–H and O–H groups in total. The molecule has 186 valence electrons. The third-order valence-corrected chi connectivity index (χ3v) is 7.18. The van der Waals surface area contributed by atoms with Gasteiger partial charge in [-0.1, -0.05) is 6.07 Å². The number of carbonyl (C=O) groups is 1. The number of benzene rings is 1. The van der Waals surface area contributed by atoms with E-state index in [1.807, 2.05) is 6.07 Å². The highest BCUT2D eigenvalue weighted by atomic mass is 16.5. The normalized spacial score (nSPS) is 26.9. The predicted octanol–water partition coefficient (Wildman–Crippen LogP) is 0.232. The number of nitrogens with zero attached hydrogens (tertiary/aromatic N) is 4. The first-order chi connectivity index (χ1) is 16.8. The van der Waals surface area contributed by atoms with E-state index in [1.165, 1.54) is 21.3 Å². The van der Waals surface area contributed by atoms with Crippen LogP contribution in [0.5, 0.6) is 17.5 Å². The quantitative estimate of drug-likeness (QED) is 0.299. The van der Waals surface area contributed by atoms with E-state index < -0.39 is 23.7 Å². The number of hydrogen-bond acceptors (Lipinski definition) is 10. The molecular formula is C23H28N6O6. The molecule has 2 aliphatic carbocycles. The van der Waals surface area contributed by atoms with Crippen LogP contribution in [-0.4, -0.2) is 80.8 Å². The molecule has 3 aromatic rings. The lowest BCUT2D eigenvalue weighted by atomic mass is 9.98. The van der Waals surface area contributed by atoms with Gasteiger partial charge >= 0.3 is 6.01 Å². The van der Waals surface area contributed by atoms with E-state index in [4.69, 9.17) is 9.47 Å². The number of aromatic hydroxyl groups is 1. The van der Waals surface area contributed by atoms with Crippen LogP contribution in [0.25, 0.3) is 11.2 Å². The Morgan fingerprint density at radius 2 is 2.06 bits per heavy atom. The number of carbonyl (C=O) groups excluding carboxylic acids is 1. The molecule has 2 aromatic heterocycles. The van der Waals surface area contributed by atoms with Crippen molar-refractivity contribution in [2.75, 3.05) is 33.1 Å². The van der Waals surface area contributed by atoms with Gasteiger partial charge < -0.3 is 40.0 Å². The number of methoxy groups -OCH3 is 2. The van der Waals surface area contributed by atoms with Gasteiger partial charge in [-0.2, -0.15) is 9.97 Å². The monoisotopic (exact) mass is 484 g/mol. The van der Waals surface area contributed by atoms with Crippen molar-refractivity contribution in [3.8, 4) is 17.5 Å². The number of amides is 1. The summed E-state index contributed by atoms with van der Waals surface area (Å²) in [6.45, 7) is 0.487. The average Bonchev–Trinajstić information content (AvgIpc) is 3.40. The SMILES string of the molecule is CNC(=O)[C@@]12C[C@@H]1[C@@H](n1cnc3c(NCCc4ccc(OC)c(O)c4)nc(OC)nc31)[C@H](O)[C@@H]2O. The molecule has 1 amide bonds. The van der Waals surface area contributed by atoms with Gasteiger partial charge in [-0.15, -0.1) is 0 Å². The molecule has 2 heterocycles. The van der Waals surface area contributed by atoms with Crippen LogP contribution in [0.2, 0.25) is 0 Å². The lowest BCUT2D eigenvalue weighted by Crippen LogP contribution is -2.41. The Morgan fingerprint density at radius 1 is 1.26 bits per heavy atom. The summed E-state index contributed by atoms with van der Waals surface area (Å²) in [5.74, 6) is 0.402. The summed E-state index contributed by atoms with van der Waals surface area (Å²) in [5, 5.41) is 37.4. The Hall–Kier alpha value is -3.64. The fraction of sp³-hybridized carbons (Fsp3) is 0.478. The van der Waals surface area contributed by atoms with Crippen LogP contribution < -0.4 is 20.1 Å². The average molecular weight is 485 g/mol. The lowest BCUT2D eigenvalue weighted by Gasteiger charge is -2.23. The Bertz CT molecular complexity index is 1280. The van der Waals surface area contributed by atoms with Crippen LogP contribution in [0.3, 0.4) is 0 Å². The number of fused-ring (bicyclic) bond motifs is 2. The van der Waals surface area contributed by atoms with Crippen molar-refractivity contribution in [1.82, 2.24) is 24.8 Å². The number of aromatic nitrogens is 4. The molecule has 0 saturated heterocycles. The summed E-state index contributed by atoms with van der Waals surface area (Å²) in [5.41, 5.74) is 0.804. The molecular weight excluding hydrogens is 456 g/mol. The highest BCUT2D eigenvalue weighted by Crippen LogP contribution is 2.67. The topological polar surface area (TPSA) is 164 Å². The van der Waals surface area contributed by atoms with Gasteiger partial charge in [0.2, 0.25) is 5.91 Å². The molecule has 35 heavy (non-hydrogen) atoms. The van der Waals surface area contributed by atoms with Crippen LogP contribution in [0.4, 0.5) is 5.82 Å². The number of nitrogens with one attached hydrogen (secondary N) is 2. The number of rotatable bonds is 8. The van der Waals surface area contributed by atoms with E-state index >= 15 is 0 Å². The highest BCUT2D eigenvalue weighted by Gasteiger charge is 2.75. The third-order valence-electron chi connectivity index (χ3n) is 7.18. The minimum absolute atomic E-state index is 0.0695. The molecule has 5 rings (SSSR count). The van der Waals surface area contributed by atoms with Gasteiger partial charge in [-0.05, 0) is 30.5 Å². The molecule has 1 aromatic carbocycles.